The minimum atomic E-state index is 0.00553. The average molecular weight is 340 g/mol. The van der Waals surface area contributed by atoms with Gasteiger partial charge in [0.25, 0.3) is 0 Å². The van der Waals surface area contributed by atoms with E-state index < -0.39 is 0 Å². The topological polar surface area (TPSA) is 63.3 Å². The molecule has 128 valence electrons. The number of anilines is 1. The van der Waals surface area contributed by atoms with Crippen LogP contribution in [0.15, 0.2) is 59.7 Å². The molecule has 0 unspecified atom stereocenters. The van der Waals surface area contributed by atoms with Gasteiger partial charge in [0.15, 0.2) is 0 Å². The van der Waals surface area contributed by atoms with Crippen LogP contribution in [0.3, 0.4) is 0 Å². The molecule has 0 atom stereocenters. The number of nitrogen functional groups attached to an aromatic ring is 1. The van der Waals surface area contributed by atoms with Crippen LogP contribution in [0.5, 0.6) is 0 Å². The van der Waals surface area contributed by atoms with Gasteiger partial charge in [0.05, 0.1) is 17.6 Å². The third kappa shape index (κ3) is 3.12. The summed E-state index contributed by atoms with van der Waals surface area (Å²) >= 11 is 0. The first-order valence-electron chi connectivity index (χ1n) is 8.60. The average Bonchev–Trinajstić information content (AvgIpc) is 3.02. The van der Waals surface area contributed by atoms with Gasteiger partial charge in [-0.3, -0.25) is 4.99 Å². The summed E-state index contributed by atoms with van der Waals surface area (Å²) < 4.78 is 0. The molecule has 0 bridgehead atoms. The molecule has 0 fully saturated rings. The van der Waals surface area contributed by atoms with Gasteiger partial charge in [0, 0.05) is 28.1 Å². The van der Waals surface area contributed by atoms with Gasteiger partial charge in [-0.2, -0.15) is 0 Å². The van der Waals surface area contributed by atoms with Crippen LogP contribution >= 0.6 is 0 Å². The molecule has 4 rings (SSSR count). The Morgan fingerprint density at radius 2 is 1.85 bits per heavy atom. The quantitative estimate of drug-likeness (QED) is 0.668. The molecule has 2 heterocycles. The molecule has 0 spiro atoms. The van der Waals surface area contributed by atoms with E-state index in [1.165, 1.54) is 0 Å². The Labute approximate surface area is 153 Å². The molecule has 26 heavy (non-hydrogen) atoms. The van der Waals surface area contributed by atoms with E-state index in [0.29, 0.717) is 5.82 Å². The number of rotatable bonds is 1. The SMILES string of the molecule is CC1(C)CN=C(c2cccc(C#Cc3cnc(N)c4ccccc34)c2)N1. The highest BCUT2D eigenvalue weighted by Crippen LogP contribution is 2.21. The number of amidine groups is 1. The van der Waals surface area contributed by atoms with E-state index in [0.717, 1.165) is 39.8 Å². The van der Waals surface area contributed by atoms with Crippen LogP contribution in [0.4, 0.5) is 5.82 Å². The zero-order valence-electron chi connectivity index (χ0n) is 14.9. The Balaban J connectivity index is 1.68. The molecule has 4 heteroatoms. The number of hydrogen-bond donors (Lipinski definition) is 2. The minimum absolute atomic E-state index is 0.00553. The third-order valence-electron chi connectivity index (χ3n) is 4.39. The molecule has 0 saturated carbocycles. The van der Waals surface area contributed by atoms with Gasteiger partial charge in [0.1, 0.15) is 11.7 Å². The number of aromatic nitrogens is 1. The summed E-state index contributed by atoms with van der Waals surface area (Å²) in [6.07, 6.45) is 1.74. The van der Waals surface area contributed by atoms with Crippen molar-refractivity contribution in [1.29, 1.82) is 0 Å². The number of pyridine rings is 1. The molecular weight excluding hydrogens is 320 g/mol. The summed E-state index contributed by atoms with van der Waals surface area (Å²) in [5, 5.41) is 5.41. The van der Waals surface area contributed by atoms with Crippen molar-refractivity contribution in [3.8, 4) is 11.8 Å². The number of nitrogens with two attached hydrogens (primary N) is 1. The normalized spacial score (nSPS) is 15.1. The van der Waals surface area contributed by atoms with Crippen molar-refractivity contribution in [3.63, 3.8) is 0 Å². The number of hydrogen-bond acceptors (Lipinski definition) is 4. The molecule has 0 radical (unpaired) electrons. The molecule has 0 amide bonds. The van der Waals surface area contributed by atoms with Crippen molar-refractivity contribution in [2.24, 2.45) is 4.99 Å². The lowest BCUT2D eigenvalue weighted by molar-refractivity contribution is 0.506. The van der Waals surface area contributed by atoms with Gasteiger partial charge in [-0.15, -0.1) is 0 Å². The number of aliphatic imine (C=N–C) groups is 1. The fraction of sp³-hybridized carbons (Fsp3) is 0.182. The first kappa shape index (κ1) is 16.2. The molecule has 4 nitrogen and oxygen atoms in total. The largest absolute Gasteiger partial charge is 0.383 e. The second-order valence-corrected chi connectivity index (χ2v) is 7.11. The van der Waals surface area contributed by atoms with Gasteiger partial charge < -0.3 is 11.1 Å². The monoisotopic (exact) mass is 340 g/mol. The lowest BCUT2D eigenvalue weighted by Crippen LogP contribution is -2.39. The number of nitrogens with zero attached hydrogens (tertiary/aromatic N) is 2. The van der Waals surface area contributed by atoms with E-state index >= 15 is 0 Å². The van der Waals surface area contributed by atoms with Crippen LogP contribution in [0.2, 0.25) is 0 Å². The first-order chi connectivity index (χ1) is 12.5. The summed E-state index contributed by atoms with van der Waals surface area (Å²) in [6.45, 7) is 5.07. The van der Waals surface area contributed by atoms with E-state index in [4.69, 9.17) is 5.73 Å². The standard InChI is InChI=1S/C22H20N4/c1-22(2)14-25-21(26-22)16-7-5-6-15(12-16)10-11-17-13-24-20(23)19-9-4-3-8-18(17)19/h3-9,12-13H,14H2,1-2H3,(H2,23,24)(H,25,26). The number of fused-ring (bicyclic) bond motifs is 1. The van der Waals surface area contributed by atoms with Crippen LogP contribution < -0.4 is 11.1 Å². The molecule has 3 aromatic rings. The fourth-order valence-corrected chi connectivity index (χ4v) is 3.04. The Morgan fingerprint density at radius 1 is 1.04 bits per heavy atom. The van der Waals surface area contributed by atoms with Crippen LogP contribution in [0.1, 0.15) is 30.5 Å². The van der Waals surface area contributed by atoms with E-state index in [9.17, 15) is 0 Å². The van der Waals surface area contributed by atoms with Crippen LogP contribution in [0.25, 0.3) is 10.8 Å². The lowest BCUT2D eigenvalue weighted by atomic mass is 10.1. The fourth-order valence-electron chi connectivity index (χ4n) is 3.04. The zero-order chi connectivity index (χ0) is 18.1. The summed E-state index contributed by atoms with van der Waals surface area (Å²) in [5.41, 5.74) is 8.84. The van der Waals surface area contributed by atoms with Gasteiger partial charge in [-0.25, -0.2) is 4.98 Å². The first-order valence-corrected chi connectivity index (χ1v) is 8.60. The maximum Gasteiger partial charge on any atom is 0.131 e. The Bertz CT molecular complexity index is 1080. The summed E-state index contributed by atoms with van der Waals surface area (Å²) in [4.78, 5) is 8.86. The zero-order valence-corrected chi connectivity index (χ0v) is 14.9. The van der Waals surface area contributed by atoms with Crippen LogP contribution in [-0.4, -0.2) is 22.9 Å². The van der Waals surface area contributed by atoms with E-state index in [1.807, 2.05) is 36.4 Å². The number of nitrogens with one attached hydrogen (secondary N) is 1. The van der Waals surface area contributed by atoms with Crippen LogP contribution in [-0.2, 0) is 0 Å². The van der Waals surface area contributed by atoms with Crippen LogP contribution in [0, 0.1) is 11.8 Å². The van der Waals surface area contributed by atoms with Crippen molar-refractivity contribution in [1.82, 2.24) is 10.3 Å². The Hall–Kier alpha value is -3.32. The van der Waals surface area contributed by atoms with Gasteiger partial charge >= 0.3 is 0 Å². The second-order valence-electron chi connectivity index (χ2n) is 7.11. The lowest BCUT2D eigenvalue weighted by Gasteiger charge is -2.18. The molecular formula is C22H20N4. The van der Waals surface area contributed by atoms with Crippen molar-refractivity contribution < 1.29 is 0 Å². The summed E-state index contributed by atoms with van der Waals surface area (Å²) in [5.74, 6) is 7.94. The van der Waals surface area contributed by atoms with Crippen molar-refractivity contribution in [2.75, 3.05) is 12.3 Å². The van der Waals surface area contributed by atoms with Crippen molar-refractivity contribution >= 4 is 22.4 Å². The molecule has 3 N–H and O–H groups in total. The smallest absolute Gasteiger partial charge is 0.131 e. The molecule has 1 aliphatic heterocycles. The summed E-state index contributed by atoms with van der Waals surface area (Å²) in [6, 6.07) is 16.1. The third-order valence-corrected chi connectivity index (χ3v) is 4.39. The van der Waals surface area contributed by atoms with Crippen molar-refractivity contribution in [2.45, 2.75) is 19.4 Å². The highest BCUT2D eigenvalue weighted by Gasteiger charge is 2.25. The Morgan fingerprint density at radius 3 is 2.62 bits per heavy atom. The van der Waals surface area contributed by atoms with E-state index in [2.05, 4.69) is 53.1 Å². The Kier molecular flexibility index (Phi) is 3.85. The molecule has 0 saturated heterocycles. The van der Waals surface area contributed by atoms with Gasteiger partial charge in [-0.1, -0.05) is 48.2 Å². The predicted molar refractivity (Wildman–Crippen MR) is 107 cm³/mol. The summed E-state index contributed by atoms with van der Waals surface area (Å²) in [7, 11) is 0. The highest BCUT2D eigenvalue weighted by molar-refractivity contribution is 6.00. The van der Waals surface area contributed by atoms with E-state index in [1.54, 1.807) is 6.20 Å². The van der Waals surface area contributed by atoms with Gasteiger partial charge in [-0.05, 0) is 26.0 Å². The maximum absolute atomic E-state index is 5.96. The molecule has 2 aromatic carbocycles. The van der Waals surface area contributed by atoms with Gasteiger partial charge in [0.2, 0.25) is 0 Å². The van der Waals surface area contributed by atoms with E-state index in [-0.39, 0.29) is 5.54 Å². The van der Waals surface area contributed by atoms with Crippen molar-refractivity contribution in [3.05, 3.63) is 71.4 Å². The maximum atomic E-state index is 5.96. The predicted octanol–water partition coefficient (Wildman–Crippen LogP) is 3.35. The number of benzene rings is 2. The highest BCUT2D eigenvalue weighted by atomic mass is 15.1. The minimum Gasteiger partial charge on any atom is -0.383 e. The molecule has 1 aromatic heterocycles. The molecule has 0 aliphatic carbocycles. The second kappa shape index (κ2) is 6.20. The molecule has 1 aliphatic rings.